The van der Waals surface area contributed by atoms with Crippen molar-refractivity contribution in [3.05, 3.63) is 23.3 Å². The fraction of sp³-hybridized carbons (Fsp3) is 0.696. The van der Waals surface area contributed by atoms with Gasteiger partial charge in [-0.15, -0.1) is 0 Å². The lowest BCUT2D eigenvalue weighted by Crippen LogP contribution is -2.43. The van der Waals surface area contributed by atoms with Crippen LogP contribution >= 0.6 is 0 Å². The van der Waals surface area contributed by atoms with Gasteiger partial charge in [0.2, 0.25) is 0 Å². The van der Waals surface area contributed by atoms with Crippen molar-refractivity contribution in [2.24, 2.45) is 10.9 Å². The molecule has 1 aliphatic heterocycles. The third kappa shape index (κ3) is 7.06. The molecule has 2 rings (SSSR count). The Morgan fingerprint density at radius 1 is 1.10 bits per heavy atom. The van der Waals surface area contributed by atoms with E-state index >= 15 is 0 Å². The van der Waals surface area contributed by atoms with Crippen molar-refractivity contribution in [3.63, 3.8) is 0 Å². The van der Waals surface area contributed by atoms with Gasteiger partial charge in [0.15, 0.2) is 17.5 Å². The van der Waals surface area contributed by atoms with Crippen LogP contribution in [0.25, 0.3) is 0 Å². The molecule has 0 radical (unpaired) electrons. The Kier molecular flexibility index (Phi) is 10.2. The number of ether oxygens (including phenoxy) is 3. The summed E-state index contributed by atoms with van der Waals surface area (Å²) in [5.41, 5.74) is 2.67. The summed E-state index contributed by atoms with van der Waals surface area (Å²) in [5, 5.41) is 6.83. The molecule has 7 nitrogen and oxygen atoms in total. The standard InChI is InChI=1S/C23H40N4O3/c1-7-30-20(17(2)3)8-10-25-23(24-4)26-11-13-27-12-9-18-14-21(28-5)22(29-6)15-19(18)16-27/h14-15,17,20H,7-13,16H2,1-6H3,(H2,24,25,26). The smallest absolute Gasteiger partial charge is 0.191 e. The van der Waals surface area contributed by atoms with Crippen LogP contribution in [0.4, 0.5) is 0 Å². The molecule has 1 atom stereocenters. The first-order valence-corrected chi connectivity index (χ1v) is 11.0. The summed E-state index contributed by atoms with van der Waals surface area (Å²) in [7, 11) is 5.19. The highest BCUT2D eigenvalue weighted by Gasteiger charge is 2.19. The Labute approximate surface area is 182 Å². The van der Waals surface area contributed by atoms with Gasteiger partial charge in [0.1, 0.15) is 0 Å². The average Bonchev–Trinajstić information content (AvgIpc) is 2.76. The molecule has 1 heterocycles. The summed E-state index contributed by atoms with van der Waals surface area (Å²) in [6.07, 6.45) is 2.28. The second-order valence-corrected chi connectivity index (χ2v) is 7.95. The van der Waals surface area contributed by atoms with Gasteiger partial charge in [-0.1, -0.05) is 13.8 Å². The van der Waals surface area contributed by atoms with Gasteiger partial charge in [0.05, 0.1) is 20.3 Å². The molecule has 1 aromatic rings. The van der Waals surface area contributed by atoms with Gasteiger partial charge >= 0.3 is 0 Å². The minimum absolute atomic E-state index is 0.282. The van der Waals surface area contributed by atoms with E-state index in [0.717, 1.165) is 69.6 Å². The topological polar surface area (TPSA) is 67.4 Å². The first-order valence-electron chi connectivity index (χ1n) is 11.0. The molecule has 1 aliphatic rings. The Hall–Kier alpha value is -1.99. The van der Waals surface area contributed by atoms with Crippen molar-refractivity contribution < 1.29 is 14.2 Å². The third-order valence-electron chi connectivity index (χ3n) is 5.59. The van der Waals surface area contributed by atoms with Crippen LogP contribution in [0.3, 0.4) is 0 Å². The molecule has 0 saturated carbocycles. The number of nitrogens with zero attached hydrogens (tertiary/aromatic N) is 2. The zero-order valence-corrected chi connectivity index (χ0v) is 19.6. The largest absolute Gasteiger partial charge is 0.493 e. The van der Waals surface area contributed by atoms with Crippen LogP contribution in [0.2, 0.25) is 0 Å². The van der Waals surface area contributed by atoms with Crippen molar-refractivity contribution >= 4 is 5.96 Å². The number of fused-ring (bicyclic) bond motifs is 1. The fourth-order valence-corrected chi connectivity index (χ4v) is 3.84. The first kappa shape index (κ1) is 24.3. The zero-order chi connectivity index (χ0) is 21.9. The van der Waals surface area contributed by atoms with E-state index in [4.69, 9.17) is 14.2 Å². The van der Waals surface area contributed by atoms with Crippen LogP contribution in [-0.4, -0.2) is 71.0 Å². The molecule has 30 heavy (non-hydrogen) atoms. The Morgan fingerprint density at radius 3 is 2.37 bits per heavy atom. The molecule has 0 aliphatic carbocycles. The molecular formula is C23H40N4O3. The number of benzene rings is 1. The summed E-state index contributed by atoms with van der Waals surface area (Å²) >= 11 is 0. The van der Waals surface area contributed by atoms with Crippen LogP contribution in [-0.2, 0) is 17.7 Å². The second-order valence-electron chi connectivity index (χ2n) is 7.95. The summed E-state index contributed by atoms with van der Waals surface area (Å²) in [6, 6.07) is 4.22. The Morgan fingerprint density at radius 2 is 1.77 bits per heavy atom. The Bertz CT molecular complexity index is 679. The molecule has 7 heteroatoms. The lowest BCUT2D eigenvalue weighted by Gasteiger charge is -2.29. The lowest BCUT2D eigenvalue weighted by molar-refractivity contribution is 0.0258. The number of guanidine groups is 1. The summed E-state index contributed by atoms with van der Waals surface area (Å²) < 4.78 is 16.7. The van der Waals surface area contributed by atoms with Crippen LogP contribution < -0.4 is 20.1 Å². The molecule has 0 fully saturated rings. The highest BCUT2D eigenvalue weighted by molar-refractivity contribution is 5.79. The molecule has 0 bridgehead atoms. The van der Waals surface area contributed by atoms with E-state index in [-0.39, 0.29) is 6.10 Å². The molecule has 0 aromatic heterocycles. The number of aliphatic imine (C=N–C) groups is 1. The maximum absolute atomic E-state index is 5.82. The van der Waals surface area contributed by atoms with E-state index in [1.807, 2.05) is 7.05 Å². The van der Waals surface area contributed by atoms with Crippen molar-refractivity contribution in [2.75, 3.05) is 54.1 Å². The number of rotatable bonds is 11. The van der Waals surface area contributed by atoms with Gasteiger partial charge in [-0.3, -0.25) is 9.89 Å². The van der Waals surface area contributed by atoms with Gasteiger partial charge in [-0.25, -0.2) is 0 Å². The summed E-state index contributed by atoms with van der Waals surface area (Å²) in [5.74, 6) is 2.97. The fourth-order valence-electron chi connectivity index (χ4n) is 3.84. The van der Waals surface area contributed by atoms with Crippen LogP contribution in [0.1, 0.15) is 38.3 Å². The lowest BCUT2D eigenvalue weighted by atomic mass is 9.99. The number of hydrogen-bond donors (Lipinski definition) is 2. The van der Waals surface area contributed by atoms with Crippen LogP contribution in [0, 0.1) is 5.92 Å². The van der Waals surface area contributed by atoms with Crippen molar-refractivity contribution in [3.8, 4) is 11.5 Å². The summed E-state index contributed by atoms with van der Waals surface area (Å²) in [4.78, 5) is 6.80. The molecule has 0 spiro atoms. The van der Waals surface area contributed by atoms with Crippen LogP contribution in [0.15, 0.2) is 17.1 Å². The second kappa shape index (κ2) is 12.6. The molecule has 1 unspecified atom stereocenters. The average molecular weight is 421 g/mol. The normalized spacial score (nSPS) is 15.6. The monoisotopic (exact) mass is 420 g/mol. The highest BCUT2D eigenvalue weighted by atomic mass is 16.5. The van der Waals surface area contributed by atoms with E-state index in [1.54, 1.807) is 14.2 Å². The van der Waals surface area contributed by atoms with Crippen molar-refractivity contribution in [1.29, 1.82) is 0 Å². The molecular weight excluding hydrogens is 380 g/mol. The summed E-state index contributed by atoms with van der Waals surface area (Å²) in [6.45, 7) is 11.8. The van der Waals surface area contributed by atoms with Gasteiger partial charge in [0, 0.05) is 46.4 Å². The number of methoxy groups -OCH3 is 2. The van der Waals surface area contributed by atoms with Gasteiger partial charge in [-0.05, 0) is 48.9 Å². The number of hydrogen-bond acceptors (Lipinski definition) is 5. The van der Waals surface area contributed by atoms with Gasteiger partial charge < -0.3 is 24.8 Å². The van der Waals surface area contributed by atoms with E-state index in [2.05, 4.69) is 53.4 Å². The van der Waals surface area contributed by atoms with E-state index in [0.29, 0.717) is 5.92 Å². The van der Waals surface area contributed by atoms with E-state index in [1.165, 1.54) is 11.1 Å². The quantitative estimate of drug-likeness (QED) is 0.424. The maximum atomic E-state index is 5.82. The first-order chi connectivity index (χ1) is 14.5. The Balaban J connectivity index is 1.77. The van der Waals surface area contributed by atoms with E-state index < -0.39 is 0 Å². The predicted octanol–water partition coefficient (Wildman–Crippen LogP) is 2.68. The van der Waals surface area contributed by atoms with Gasteiger partial charge in [-0.2, -0.15) is 0 Å². The van der Waals surface area contributed by atoms with Gasteiger partial charge in [0.25, 0.3) is 0 Å². The van der Waals surface area contributed by atoms with E-state index in [9.17, 15) is 0 Å². The third-order valence-corrected chi connectivity index (χ3v) is 5.59. The molecule has 170 valence electrons. The SMILES string of the molecule is CCOC(CCNC(=NC)NCCN1CCc2cc(OC)c(OC)cc2C1)C(C)C. The molecule has 0 saturated heterocycles. The minimum Gasteiger partial charge on any atom is -0.493 e. The highest BCUT2D eigenvalue weighted by Crippen LogP contribution is 2.33. The molecule has 1 aromatic carbocycles. The predicted molar refractivity (Wildman–Crippen MR) is 123 cm³/mol. The maximum Gasteiger partial charge on any atom is 0.191 e. The van der Waals surface area contributed by atoms with Crippen LogP contribution in [0.5, 0.6) is 11.5 Å². The van der Waals surface area contributed by atoms with Crippen molar-refractivity contribution in [2.45, 2.75) is 46.3 Å². The van der Waals surface area contributed by atoms with Crippen molar-refractivity contribution in [1.82, 2.24) is 15.5 Å². The molecule has 2 N–H and O–H groups in total. The minimum atomic E-state index is 0.282. The zero-order valence-electron chi connectivity index (χ0n) is 19.6. The molecule has 0 amide bonds. The number of nitrogens with one attached hydrogen (secondary N) is 2.